The van der Waals surface area contributed by atoms with E-state index in [9.17, 15) is 0 Å². The molecule has 180 valence electrons. The van der Waals surface area contributed by atoms with Crippen LogP contribution in [-0.2, 0) is 0 Å². The third-order valence-electron chi connectivity index (χ3n) is 8.18. The molecule has 2 heteroatoms. The van der Waals surface area contributed by atoms with E-state index in [1.165, 1.54) is 38.7 Å². The minimum absolute atomic E-state index is 0.397. The van der Waals surface area contributed by atoms with Crippen molar-refractivity contribution in [2.24, 2.45) is 4.99 Å². The molecule has 0 fully saturated rings. The second kappa shape index (κ2) is 9.37. The van der Waals surface area contributed by atoms with Gasteiger partial charge in [0, 0.05) is 42.4 Å². The second-order valence-electron chi connectivity index (χ2n) is 10.3. The summed E-state index contributed by atoms with van der Waals surface area (Å²) >= 11 is 0. The van der Waals surface area contributed by atoms with Gasteiger partial charge in [0.05, 0.1) is 5.69 Å². The van der Waals surface area contributed by atoms with Crippen LogP contribution in [0.15, 0.2) is 120 Å². The highest BCUT2D eigenvalue weighted by Gasteiger charge is 2.35. The average molecular weight is 479 g/mol. The van der Waals surface area contributed by atoms with Gasteiger partial charge < -0.3 is 4.90 Å². The minimum Gasteiger partial charge on any atom is -0.371 e. The Labute approximate surface area is 218 Å². The van der Waals surface area contributed by atoms with E-state index in [2.05, 4.69) is 126 Å². The first-order chi connectivity index (χ1) is 18.3. The Morgan fingerprint density at radius 3 is 1.84 bits per heavy atom. The zero-order valence-corrected chi connectivity index (χ0v) is 20.9. The molecular formula is C35H30N2. The smallest absolute Gasteiger partial charge is 0.0637 e. The molecule has 2 aliphatic rings. The quantitative estimate of drug-likeness (QED) is 0.237. The van der Waals surface area contributed by atoms with Gasteiger partial charge in [0.25, 0.3) is 0 Å². The van der Waals surface area contributed by atoms with Crippen LogP contribution in [0.25, 0.3) is 10.8 Å². The van der Waals surface area contributed by atoms with Crippen LogP contribution in [0.2, 0.25) is 0 Å². The molecule has 0 radical (unpaired) electrons. The molecule has 2 aliphatic heterocycles. The third-order valence-corrected chi connectivity index (χ3v) is 8.18. The lowest BCUT2D eigenvalue weighted by Crippen LogP contribution is -2.37. The Hall–Kier alpha value is -4.17. The van der Waals surface area contributed by atoms with E-state index >= 15 is 0 Å². The van der Waals surface area contributed by atoms with Crippen molar-refractivity contribution < 1.29 is 0 Å². The molecule has 5 aromatic rings. The molecule has 0 aliphatic carbocycles. The number of hydrogen-bond acceptors (Lipinski definition) is 2. The van der Waals surface area contributed by atoms with Crippen molar-refractivity contribution in [3.63, 3.8) is 0 Å². The molecule has 0 unspecified atom stereocenters. The van der Waals surface area contributed by atoms with Gasteiger partial charge in [0.2, 0.25) is 0 Å². The maximum absolute atomic E-state index is 5.11. The first-order valence-corrected chi connectivity index (χ1v) is 13.4. The van der Waals surface area contributed by atoms with Gasteiger partial charge in [-0.3, -0.25) is 4.99 Å². The SMILES string of the molecule is C(=Nc1cc2c3c(c1)[C@H](c1ccccc1)CCN3CC[C@@H]2c1ccccc1)c1cccc2ccccc12. The summed E-state index contributed by atoms with van der Waals surface area (Å²) in [6, 6.07) is 41.8. The fraction of sp³-hybridized carbons (Fsp3) is 0.171. The van der Waals surface area contributed by atoms with E-state index in [1.54, 1.807) is 0 Å². The maximum atomic E-state index is 5.11. The highest BCUT2D eigenvalue weighted by atomic mass is 15.1. The van der Waals surface area contributed by atoms with Crippen molar-refractivity contribution in [3.8, 4) is 0 Å². The predicted molar refractivity (Wildman–Crippen MR) is 156 cm³/mol. The summed E-state index contributed by atoms with van der Waals surface area (Å²) in [5.41, 5.74) is 9.32. The van der Waals surface area contributed by atoms with Crippen LogP contribution in [0.5, 0.6) is 0 Å². The van der Waals surface area contributed by atoms with Crippen LogP contribution in [0, 0.1) is 0 Å². The van der Waals surface area contributed by atoms with Gasteiger partial charge in [-0.2, -0.15) is 0 Å². The highest BCUT2D eigenvalue weighted by molar-refractivity contribution is 6.00. The number of benzene rings is 5. The van der Waals surface area contributed by atoms with Gasteiger partial charge in [-0.15, -0.1) is 0 Å². The van der Waals surface area contributed by atoms with E-state index in [4.69, 9.17) is 4.99 Å². The Morgan fingerprint density at radius 2 is 1.19 bits per heavy atom. The van der Waals surface area contributed by atoms with Gasteiger partial charge in [-0.1, -0.05) is 103 Å². The standard InChI is InChI=1S/C35H30N2/c1-3-10-26(11-4-1)31-18-20-37-21-19-32(27-12-5-2-6-13-27)34-23-29(22-33(31)35(34)37)36-24-28-16-9-15-25-14-7-8-17-30(25)28/h1-17,22-24,31-32H,18-21H2/t31-,32+. The van der Waals surface area contributed by atoms with Crippen LogP contribution in [-0.4, -0.2) is 19.3 Å². The molecule has 0 amide bonds. The molecule has 2 nitrogen and oxygen atoms in total. The van der Waals surface area contributed by atoms with Crippen molar-refractivity contribution in [1.82, 2.24) is 0 Å². The average Bonchev–Trinajstić information content (AvgIpc) is 2.97. The van der Waals surface area contributed by atoms with Crippen molar-refractivity contribution in [2.45, 2.75) is 24.7 Å². The molecule has 0 aromatic heterocycles. The first-order valence-electron chi connectivity index (χ1n) is 13.4. The van der Waals surface area contributed by atoms with E-state index < -0.39 is 0 Å². The second-order valence-corrected chi connectivity index (χ2v) is 10.3. The van der Waals surface area contributed by atoms with Crippen LogP contribution in [0.4, 0.5) is 11.4 Å². The summed E-state index contributed by atoms with van der Waals surface area (Å²) in [7, 11) is 0. The van der Waals surface area contributed by atoms with Crippen molar-refractivity contribution in [3.05, 3.63) is 143 Å². The maximum Gasteiger partial charge on any atom is 0.0637 e. The molecule has 0 spiro atoms. The Bertz CT molecular complexity index is 1510. The molecule has 0 saturated heterocycles. The zero-order chi connectivity index (χ0) is 24.6. The monoisotopic (exact) mass is 478 g/mol. The molecule has 5 aromatic carbocycles. The molecule has 0 bridgehead atoms. The fourth-order valence-corrected chi connectivity index (χ4v) is 6.42. The fourth-order valence-electron chi connectivity index (χ4n) is 6.42. The topological polar surface area (TPSA) is 15.6 Å². The summed E-state index contributed by atoms with van der Waals surface area (Å²) < 4.78 is 0. The molecule has 7 rings (SSSR count). The summed E-state index contributed by atoms with van der Waals surface area (Å²) in [5, 5.41) is 2.49. The summed E-state index contributed by atoms with van der Waals surface area (Å²) in [4.78, 5) is 7.73. The number of rotatable bonds is 4. The van der Waals surface area contributed by atoms with Crippen molar-refractivity contribution in [2.75, 3.05) is 18.0 Å². The Kier molecular flexibility index (Phi) is 5.59. The largest absolute Gasteiger partial charge is 0.371 e. The van der Waals surface area contributed by atoms with Crippen LogP contribution < -0.4 is 4.90 Å². The van der Waals surface area contributed by atoms with E-state index in [0.717, 1.165) is 37.2 Å². The normalized spacial score (nSPS) is 18.8. The lowest BCUT2D eigenvalue weighted by molar-refractivity contribution is 0.571. The lowest BCUT2D eigenvalue weighted by Gasteiger charge is -2.43. The number of fused-ring (bicyclic) bond motifs is 1. The van der Waals surface area contributed by atoms with Gasteiger partial charge in [-0.25, -0.2) is 0 Å². The number of anilines is 1. The Morgan fingerprint density at radius 1 is 0.622 bits per heavy atom. The van der Waals surface area contributed by atoms with E-state index in [0.29, 0.717) is 11.8 Å². The summed E-state index contributed by atoms with van der Waals surface area (Å²) in [5.74, 6) is 0.793. The first kappa shape index (κ1) is 22.1. The zero-order valence-electron chi connectivity index (χ0n) is 20.9. The molecule has 0 N–H and O–H groups in total. The molecule has 2 heterocycles. The van der Waals surface area contributed by atoms with Gasteiger partial charge >= 0.3 is 0 Å². The summed E-state index contributed by atoms with van der Waals surface area (Å²) in [6.45, 7) is 2.22. The van der Waals surface area contributed by atoms with Crippen molar-refractivity contribution in [1.29, 1.82) is 0 Å². The lowest BCUT2D eigenvalue weighted by atomic mass is 9.76. The van der Waals surface area contributed by atoms with Gasteiger partial charge in [0.15, 0.2) is 0 Å². The van der Waals surface area contributed by atoms with Gasteiger partial charge in [-0.05, 0) is 58.0 Å². The van der Waals surface area contributed by atoms with E-state index in [-0.39, 0.29) is 0 Å². The van der Waals surface area contributed by atoms with Crippen LogP contribution in [0.3, 0.4) is 0 Å². The molecule has 0 saturated carbocycles. The van der Waals surface area contributed by atoms with Gasteiger partial charge in [0.1, 0.15) is 0 Å². The minimum atomic E-state index is 0.397. The Balaban J connectivity index is 1.39. The third kappa shape index (κ3) is 4.03. The summed E-state index contributed by atoms with van der Waals surface area (Å²) in [6.07, 6.45) is 4.33. The van der Waals surface area contributed by atoms with Crippen LogP contribution >= 0.6 is 0 Å². The molecular weight excluding hydrogens is 448 g/mol. The molecule has 2 atom stereocenters. The van der Waals surface area contributed by atoms with E-state index in [1.807, 2.05) is 0 Å². The van der Waals surface area contributed by atoms with Crippen LogP contribution in [0.1, 0.15) is 52.5 Å². The molecule has 37 heavy (non-hydrogen) atoms. The number of nitrogens with zero attached hydrogens (tertiary/aromatic N) is 2. The predicted octanol–water partition coefficient (Wildman–Crippen LogP) is 8.47. The highest BCUT2D eigenvalue weighted by Crippen LogP contribution is 2.49. The number of aliphatic imine (C=N–C) groups is 1. The number of hydrogen-bond donors (Lipinski definition) is 0. The van der Waals surface area contributed by atoms with Crippen molar-refractivity contribution >= 4 is 28.4 Å².